The first-order chi connectivity index (χ1) is 41.1. The molecule has 0 saturated carbocycles. The molecule has 38 nitrogen and oxygen atoms in total. The summed E-state index contributed by atoms with van der Waals surface area (Å²) >= 11 is 0. The Kier molecular flexibility index (Phi) is 25.6. The summed E-state index contributed by atoms with van der Waals surface area (Å²) in [6.07, 6.45) is -60.6. The van der Waals surface area contributed by atoms with Gasteiger partial charge in [0.05, 0.1) is 58.4 Å². The molecule has 14 unspecified atom stereocenters. The highest BCUT2D eigenvalue weighted by molar-refractivity contribution is 5.74. The van der Waals surface area contributed by atoms with Gasteiger partial charge in [-0.3, -0.25) is 14.4 Å². The molecule has 7 aliphatic rings. The molecule has 87 heavy (non-hydrogen) atoms. The Bertz CT molecular complexity index is 2180. The zero-order valence-corrected chi connectivity index (χ0v) is 47.2. The van der Waals surface area contributed by atoms with Gasteiger partial charge in [-0.1, -0.05) is 0 Å². The van der Waals surface area contributed by atoms with Crippen LogP contribution in [-0.2, 0) is 76.0 Å². The molecule has 0 radical (unpaired) electrons. The molecule has 7 rings (SSSR count). The zero-order valence-electron chi connectivity index (χ0n) is 47.2. The molecule has 0 aliphatic carbocycles. The minimum Gasteiger partial charge on any atom is -0.394 e. The van der Waals surface area contributed by atoms with Gasteiger partial charge in [0, 0.05) is 20.8 Å². The summed E-state index contributed by atoms with van der Waals surface area (Å²) < 4.78 is 76.2. The minimum atomic E-state index is -2.32. The first-order valence-corrected chi connectivity index (χ1v) is 27.9. The lowest BCUT2D eigenvalue weighted by atomic mass is 9.92. The van der Waals surface area contributed by atoms with E-state index in [1.165, 1.54) is 6.92 Å². The Labute approximate surface area is 494 Å². The summed E-state index contributed by atoms with van der Waals surface area (Å²) in [6, 6.07) is -4.66. The quantitative estimate of drug-likeness (QED) is 0.0479. The summed E-state index contributed by atoms with van der Waals surface area (Å²) in [5.74, 6) is -2.27. The van der Waals surface area contributed by atoms with Crippen molar-refractivity contribution in [2.75, 3.05) is 46.2 Å². The molecule has 0 aromatic heterocycles. The average Bonchev–Trinajstić information content (AvgIpc) is 1.01. The van der Waals surface area contributed by atoms with Crippen LogP contribution in [0.1, 0.15) is 27.7 Å². The summed E-state index contributed by atoms with van der Waals surface area (Å²) in [5.41, 5.74) is 0. The average molecular weight is 1270 g/mol. The number of ether oxygens (including phenoxy) is 13. The Hall–Kier alpha value is -2.87. The van der Waals surface area contributed by atoms with Gasteiger partial charge in [-0.25, -0.2) is 0 Å². The summed E-state index contributed by atoms with van der Waals surface area (Å²) in [5, 5.41) is 214. The maximum absolute atomic E-state index is 12.7. The molecule has 504 valence electrons. The molecule has 7 aliphatic heterocycles. The molecule has 3 amide bonds. The second-order valence-corrected chi connectivity index (χ2v) is 22.1. The number of carbonyl (C=O) groups is 3. The number of rotatable bonds is 22. The van der Waals surface area contributed by atoms with Crippen molar-refractivity contribution in [2.45, 2.75) is 242 Å². The number of hydrogen-bond donors (Lipinski definition) is 22. The van der Waals surface area contributed by atoms with E-state index in [1.54, 1.807) is 0 Å². The summed E-state index contributed by atoms with van der Waals surface area (Å²) in [6.45, 7) is -2.10. The Morgan fingerprint density at radius 1 is 0.310 bits per heavy atom. The van der Waals surface area contributed by atoms with Crippen molar-refractivity contribution in [3.63, 3.8) is 0 Å². The van der Waals surface area contributed by atoms with E-state index >= 15 is 0 Å². The van der Waals surface area contributed by atoms with Gasteiger partial charge in [0.25, 0.3) is 0 Å². The lowest BCUT2D eigenvalue weighted by Gasteiger charge is -2.50. The maximum atomic E-state index is 12.7. The van der Waals surface area contributed by atoms with Crippen molar-refractivity contribution in [2.24, 2.45) is 0 Å². The van der Waals surface area contributed by atoms with Gasteiger partial charge >= 0.3 is 0 Å². The van der Waals surface area contributed by atoms with Crippen molar-refractivity contribution >= 4 is 17.7 Å². The van der Waals surface area contributed by atoms with E-state index in [0.717, 1.165) is 20.8 Å². The molecule has 7 saturated heterocycles. The summed E-state index contributed by atoms with van der Waals surface area (Å²) in [7, 11) is 0. The van der Waals surface area contributed by atoms with E-state index in [-0.39, 0.29) is 0 Å². The largest absolute Gasteiger partial charge is 0.394 e. The topological polar surface area (TPSA) is 592 Å². The van der Waals surface area contributed by atoms with Crippen LogP contribution in [0.4, 0.5) is 0 Å². The fourth-order valence-electron chi connectivity index (χ4n) is 11.3. The molecule has 35 atom stereocenters. The number of nitrogens with one attached hydrogen (secondary N) is 3. The van der Waals surface area contributed by atoms with E-state index in [1.807, 2.05) is 0 Å². The highest BCUT2D eigenvalue weighted by Crippen LogP contribution is 2.37. The van der Waals surface area contributed by atoms with Gasteiger partial charge in [-0.05, 0) is 6.92 Å². The van der Waals surface area contributed by atoms with Gasteiger partial charge in [0.2, 0.25) is 17.7 Å². The third kappa shape index (κ3) is 15.8. The monoisotopic (exact) mass is 1270 g/mol. The standard InChI is InChI=1S/C49H83N3O35/c1-12-23(50-13(2)59)30(66)39(19(8-56)76-12)83-44-24(51-14(3)60)31(67)41(21(10-58)80-44)85-48-38(74)42(86-47-37(73)34(70)27(63)17(6-54)78-47)29(65)22(82-48)11-75-49-43(35(71)28(64)18(7-55)79-49)87-45-25(52-15(4)61)32(68)40(20(9-57)81-45)84-46-36(72)33(69)26(62)16(5-53)77-46/h12,16-49,53-58,62-74H,5-11H2,1-4H3,(H,50,59)(H,51,60)(H,52,61)/t12-,16?,17+,18?,19?,20-,21?,22?,23+,24-,25?,26-,27+,28+,29+,30?,31?,32?,33?,34?,35?,36-,37?,38+,39+,40+,41+,42?,43+,44-,45-,46-,47+,48-,49-/m0/s1. The fourth-order valence-corrected chi connectivity index (χ4v) is 11.3. The molecule has 0 aromatic rings. The van der Waals surface area contributed by atoms with Crippen LogP contribution in [0.15, 0.2) is 0 Å². The second-order valence-electron chi connectivity index (χ2n) is 22.1. The first-order valence-electron chi connectivity index (χ1n) is 27.9. The maximum Gasteiger partial charge on any atom is 0.217 e. The lowest BCUT2D eigenvalue weighted by Crippen LogP contribution is -2.70. The van der Waals surface area contributed by atoms with Crippen LogP contribution in [0, 0.1) is 0 Å². The molecule has 0 aromatic carbocycles. The summed E-state index contributed by atoms with van der Waals surface area (Å²) in [4.78, 5) is 37.5. The number of aliphatic hydroxyl groups is 19. The van der Waals surface area contributed by atoms with Crippen LogP contribution >= 0.6 is 0 Å². The van der Waals surface area contributed by atoms with E-state index in [9.17, 15) is 111 Å². The third-order valence-corrected chi connectivity index (χ3v) is 16.0. The van der Waals surface area contributed by atoms with Gasteiger partial charge in [0.1, 0.15) is 165 Å². The van der Waals surface area contributed by atoms with Crippen LogP contribution < -0.4 is 16.0 Å². The fraction of sp³-hybridized carbons (Fsp3) is 0.939. The van der Waals surface area contributed by atoms with Crippen LogP contribution in [0.5, 0.6) is 0 Å². The second kappa shape index (κ2) is 31.2. The number of hydrogen-bond acceptors (Lipinski definition) is 35. The molecule has 0 spiro atoms. The van der Waals surface area contributed by atoms with Gasteiger partial charge in [-0.15, -0.1) is 0 Å². The number of carbonyl (C=O) groups excluding carboxylic acids is 3. The highest BCUT2D eigenvalue weighted by Gasteiger charge is 2.58. The van der Waals surface area contributed by atoms with Crippen molar-refractivity contribution in [3.05, 3.63) is 0 Å². The molecular weight excluding hydrogens is 1190 g/mol. The molecule has 7 heterocycles. The third-order valence-electron chi connectivity index (χ3n) is 16.0. The van der Waals surface area contributed by atoms with Gasteiger partial charge in [-0.2, -0.15) is 0 Å². The van der Waals surface area contributed by atoms with Crippen molar-refractivity contribution in [1.29, 1.82) is 0 Å². The Morgan fingerprint density at radius 2 is 0.621 bits per heavy atom. The van der Waals surface area contributed by atoms with Crippen LogP contribution in [0.2, 0.25) is 0 Å². The Balaban J connectivity index is 1.17. The normalized spacial score (nSPS) is 48.9. The van der Waals surface area contributed by atoms with Gasteiger partial charge < -0.3 is 175 Å². The molecule has 38 heteroatoms. The van der Waals surface area contributed by atoms with Crippen molar-refractivity contribution < 1.29 is 173 Å². The van der Waals surface area contributed by atoms with Crippen LogP contribution in [0.25, 0.3) is 0 Å². The van der Waals surface area contributed by atoms with E-state index < -0.39 is 279 Å². The number of amides is 3. The first kappa shape index (κ1) is 71.6. The van der Waals surface area contributed by atoms with Crippen molar-refractivity contribution in [3.8, 4) is 0 Å². The van der Waals surface area contributed by atoms with E-state index in [0.29, 0.717) is 0 Å². The lowest BCUT2D eigenvalue weighted by molar-refractivity contribution is -0.388. The van der Waals surface area contributed by atoms with Crippen LogP contribution in [-0.4, -0.2) is 376 Å². The van der Waals surface area contributed by atoms with Crippen LogP contribution in [0.3, 0.4) is 0 Å². The Morgan fingerprint density at radius 3 is 1.03 bits per heavy atom. The molecule has 22 N–H and O–H groups in total. The number of aliphatic hydroxyl groups excluding tert-OH is 19. The van der Waals surface area contributed by atoms with Gasteiger partial charge in [0.15, 0.2) is 37.7 Å². The highest BCUT2D eigenvalue weighted by atomic mass is 16.8. The van der Waals surface area contributed by atoms with E-state index in [4.69, 9.17) is 61.6 Å². The zero-order chi connectivity index (χ0) is 64.2. The smallest absolute Gasteiger partial charge is 0.217 e. The SMILES string of the molecule is CC(=O)NC1C(O)[C@H](O[C@@H]2OC(CO)[C@H](O)C(O)[C@@H]2O)[C@H](CO)O[C@H]1O[C@@H]1C(O)[C@H](O)C(CO)O[C@@H]1OCC1O[C@@H](O[C@@H]2C(CO)O[C@@H](O[C@@H]3C(CO)O[C@@H](C)[C@@H](NC(C)=O)C3O)[C@@H](NC(C)=O)C2O)[C@H](O)C(O[C@H]2O[C@H](CO)[C@@H](O)C(O)C2O)[C@@H]1O. The predicted octanol–water partition coefficient (Wildman–Crippen LogP) is -14.8. The molecule has 7 fully saturated rings. The minimum absolute atomic E-state index is 0.578. The van der Waals surface area contributed by atoms with Crippen molar-refractivity contribution in [1.82, 2.24) is 16.0 Å². The molecular formula is C49H83N3O35. The predicted molar refractivity (Wildman–Crippen MR) is 270 cm³/mol. The molecule has 0 bridgehead atoms. The van der Waals surface area contributed by atoms with E-state index in [2.05, 4.69) is 16.0 Å².